The zero-order valence-electron chi connectivity index (χ0n) is 15.0. The van der Waals surface area contributed by atoms with E-state index in [0.29, 0.717) is 12.2 Å². The van der Waals surface area contributed by atoms with E-state index >= 15 is 0 Å². The molecule has 0 bridgehead atoms. The van der Waals surface area contributed by atoms with Crippen molar-refractivity contribution in [2.75, 3.05) is 13.1 Å². The molecule has 1 aromatic carbocycles. The van der Waals surface area contributed by atoms with E-state index < -0.39 is 0 Å². The second kappa shape index (κ2) is 6.53. The molecule has 2 fully saturated rings. The third kappa shape index (κ3) is 3.11. The predicted octanol–water partition coefficient (Wildman–Crippen LogP) is 3.89. The first-order valence-corrected chi connectivity index (χ1v) is 10.3. The van der Waals surface area contributed by atoms with Crippen molar-refractivity contribution in [1.29, 1.82) is 0 Å². The lowest BCUT2D eigenvalue weighted by molar-refractivity contribution is -0.129. The standard InChI is InChI=1S/C21H21BrN4O/c22-15-5-3-14(4-6-15)20-25-16-7-9-24-17(18(16)26-20)11-21(8-10-23-12-21)19(27)13-1-2-13/h3-7,9,13,23H,1-2,8,10-12H2,(H,25,26)/t21-/m0/s1. The molecule has 0 spiro atoms. The van der Waals surface area contributed by atoms with Gasteiger partial charge in [0, 0.05) is 40.5 Å². The molecule has 2 aliphatic rings. The second-order valence-electron chi connectivity index (χ2n) is 7.77. The molecule has 1 aliphatic heterocycles. The molecular formula is C21H21BrN4O. The molecule has 1 aliphatic carbocycles. The largest absolute Gasteiger partial charge is 0.338 e. The number of aromatic amines is 1. The molecule has 2 aromatic heterocycles. The van der Waals surface area contributed by atoms with Gasteiger partial charge in [0.25, 0.3) is 0 Å². The van der Waals surface area contributed by atoms with Crippen LogP contribution in [0.1, 0.15) is 25.0 Å². The highest BCUT2D eigenvalue weighted by Gasteiger charge is 2.47. The minimum Gasteiger partial charge on any atom is -0.338 e. The summed E-state index contributed by atoms with van der Waals surface area (Å²) in [5.41, 5.74) is 3.48. The van der Waals surface area contributed by atoms with Gasteiger partial charge in [-0.1, -0.05) is 28.1 Å². The maximum Gasteiger partial charge on any atom is 0.143 e. The summed E-state index contributed by atoms with van der Waals surface area (Å²) in [5, 5.41) is 3.40. The molecule has 6 heteroatoms. The molecule has 138 valence electrons. The van der Waals surface area contributed by atoms with Gasteiger partial charge in [0.05, 0.1) is 11.2 Å². The Balaban J connectivity index is 1.53. The Morgan fingerprint density at radius 3 is 2.74 bits per heavy atom. The van der Waals surface area contributed by atoms with Crippen molar-refractivity contribution in [2.45, 2.75) is 25.7 Å². The Bertz CT molecular complexity index is 1000. The SMILES string of the molecule is O=C(C1CC1)[C@]1(Cc2nccc3[nH]c(-c4ccc(Br)cc4)nc23)CCNC1. The summed E-state index contributed by atoms with van der Waals surface area (Å²) in [6.45, 7) is 1.66. The van der Waals surface area contributed by atoms with E-state index in [1.165, 1.54) is 0 Å². The molecular weight excluding hydrogens is 404 g/mol. The Kier molecular flexibility index (Phi) is 4.13. The number of halogens is 1. The average Bonchev–Trinajstić information content (AvgIpc) is 3.25. The van der Waals surface area contributed by atoms with E-state index in [0.717, 1.165) is 64.9 Å². The molecule has 3 aromatic rings. The van der Waals surface area contributed by atoms with E-state index in [2.05, 4.69) is 31.2 Å². The van der Waals surface area contributed by atoms with Crippen LogP contribution >= 0.6 is 15.9 Å². The zero-order valence-corrected chi connectivity index (χ0v) is 16.6. The number of imidazole rings is 1. The van der Waals surface area contributed by atoms with E-state index in [9.17, 15) is 4.79 Å². The molecule has 3 heterocycles. The number of fused-ring (bicyclic) bond motifs is 1. The maximum absolute atomic E-state index is 13.0. The predicted molar refractivity (Wildman–Crippen MR) is 108 cm³/mol. The number of aromatic nitrogens is 3. The van der Waals surface area contributed by atoms with Crippen LogP contribution in [-0.2, 0) is 11.2 Å². The fourth-order valence-corrected chi connectivity index (χ4v) is 4.42. The van der Waals surface area contributed by atoms with Crippen molar-refractivity contribution in [1.82, 2.24) is 20.3 Å². The number of ketones is 1. The van der Waals surface area contributed by atoms with Gasteiger partial charge in [0.15, 0.2) is 0 Å². The number of carbonyl (C=O) groups excluding carboxylic acids is 1. The van der Waals surface area contributed by atoms with Crippen LogP contribution in [0, 0.1) is 11.3 Å². The highest BCUT2D eigenvalue weighted by atomic mass is 79.9. The Labute approximate surface area is 166 Å². The summed E-state index contributed by atoms with van der Waals surface area (Å²) in [4.78, 5) is 25.9. The first kappa shape index (κ1) is 17.1. The summed E-state index contributed by atoms with van der Waals surface area (Å²) in [7, 11) is 0. The number of H-pyrrole nitrogens is 1. The third-order valence-corrected chi connectivity index (χ3v) is 6.34. The van der Waals surface area contributed by atoms with Gasteiger partial charge in [-0.25, -0.2) is 4.98 Å². The van der Waals surface area contributed by atoms with Crippen molar-refractivity contribution < 1.29 is 4.79 Å². The van der Waals surface area contributed by atoms with Crippen LogP contribution in [0.5, 0.6) is 0 Å². The van der Waals surface area contributed by atoms with Crippen LogP contribution in [-0.4, -0.2) is 33.8 Å². The quantitative estimate of drug-likeness (QED) is 0.651. The van der Waals surface area contributed by atoms with Crippen LogP contribution in [0.3, 0.4) is 0 Å². The monoisotopic (exact) mass is 424 g/mol. The van der Waals surface area contributed by atoms with Gasteiger partial charge >= 0.3 is 0 Å². The fraction of sp³-hybridized carbons (Fsp3) is 0.381. The average molecular weight is 425 g/mol. The molecule has 5 nitrogen and oxygen atoms in total. The van der Waals surface area contributed by atoms with Gasteiger partial charge in [-0.3, -0.25) is 9.78 Å². The molecule has 27 heavy (non-hydrogen) atoms. The second-order valence-corrected chi connectivity index (χ2v) is 8.68. The van der Waals surface area contributed by atoms with Crippen molar-refractivity contribution in [3.8, 4) is 11.4 Å². The number of rotatable bonds is 5. The summed E-state index contributed by atoms with van der Waals surface area (Å²) in [5.74, 6) is 1.52. The Morgan fingerprint density at radius 2 is 2.04 bits per heavy atom. The smallest absolute Gasteiger partial charge is 0.143 e. The van der Waals surface area contributed by atoms with Gasteiger partial charge in [-0.15, -0.1) is 0 Å². The van der Waals surface area contributed by atoms with Crippen LogP contribution in [0.15, 0.2) is 41.0 Å². The van der Waals surface area contributed by atoms with E-state index in [4.69, 9.17) is 4.98 Å². The molecule has 1 saturated heterocycles. The summed E-state index contributed by atoms with van der Waals surface area (Å²) < 4.78 is 1.04. The first-order valence-electron chi connectivity index (χ1n) is 9.49. The summed E-state index contributed by atoms with van der Waals surface area (Å²) in [6, 6.07) is 10.0. The Hall–Kier alpha value is -2.05. The number of nitrogens with zero attached hydrogens (tertiary/aromatic N) is 2. The number of hydrogen-bond donors (Lipinski definition) is 2. The molecule has 5 rings (SSSR count). The van der Waals surface area contributed by atoms with Crippen LogP contribution in [0.4, 0.5) is 0 Å². The fourth-order valence-electron chi connectivity index (χ4n) is 4.16. The molecule has 1 atom stereocenters. The van der Waals surface area contributed by atoms with E-state index in [-0.39, 0.29) is 11.3 Å². The minimum absolute atomic E-state index is 0.265. The third-order valence-electron chi connectivity index (χ3n) is 5.81. The van der Waals surface area contributed by atoms with Crippen LogP contribution in [0.2, 0.25) is 0 Å². The molecule has 0 amide bonds. The normalized spacial score (nSPS) is 22.4. The van der Waals surface area contributed by atoms with Crippen molar-refractivity contribution in [3.05, 3.63) is 46.7 Å². The van der Waals surface area contributed by atoms with Crippen molar-refractivity contribution in [3.63, 3.8) is 0 Å². The maximum atomic E-state index is 13.0. The highest BCUT2D eigenvalue weighted by Crippen LogP contribution is 2.42. The number of pyridine rings is 1. The van der Waals surface area contributed by atoms with Crippen LogP contribution < -0.4 is 5.32 Å². The van der Waals surface area contributed by atoms with Gasteiger partial charge < -0.3 is 10.3 Å². The zero-order chi connectivity index (χ0) is 18.4. The lowest BCUT2D eigenvalue weighted by Crippen LogP contribution is -2.37. The lowest BCUT2D eigenvalue weighted by atomic mass is 9.76. The number of nitrogens with one attached hydrogen (secondary N) is 2. The number of benzene rings is 1. The Morgan fingerprint density at radius 1 is 1.22 bits per heavy atom. The van der Waals surface area contributed by atoms with Gasteiger partial charge in [-0.05, 0) is 44.0 Å². The molecule has 0 unspecified atom stereocenters. The summed E-state index contributed by atoms with van der Waals surface area (Å²) in [6.07, 6.45) is 5.48. The number of hydrogen-bond acceptors (Lipinski definition) is 4. The van der Waals surface area contributed by atoms with Gasteiger partial charge in [0.2, 0.25) is 0 Å². The topological polar surface area (TPSA) is 70.7 Å². The van der Waals surface area contributed by atoms with E-state index in [1.807, 2.05) is 36.5 Å². The number of Topliss-reactive ketones (excluding diaryl/α,β-unsaturated/α-hetero) is 1. The lowest BCUT2D eigenvalue weighted by Gasteiger charge is -2.26. The minimum atomic E-state index is -0.320. The highest BCUT2D eigenvalue weighted by molar-refractivity contribution is 9.10. The molecule has 1 saturated carbocycles. The number of carbonyl (C=O) groups is 1. The van der Waals surface area contributed by atoms with E-state index in [1.54, 1.807) is 0 Å². The van der Waals surface area contributed by atoms with Crippen LogP contribution in [0.25, 0.3) is 22.4 Å². The van der Waals surface area contributed by atoms with Gasteiger partial charge in [-0.2, -0.15) is 0 Å². The summed E-state index contributed by atoms with van der Waals surface area (Å²) >= 11 is 3.47. The molecule has 2 N–H and O–H groups in total. The molecule has 0 radical (unpaired) electrons. The van der Waals surface area contributed by atoms with Crippen molar-refractivity contribution >= 4 is 32.7 Å². The van der Waals surface area contributed by atoms with Gasteiger partial charge in [0.1, 0.15) is 17.1 Å². The van der Waals surface area contributed by atoms with Crippen molar-refractivity contribution in [2.24, 2.45) is 11.3 Å². The first-order chi connectivity index (χ1) is 13.1.